The van der Waals surface area contributed by atoms with Gasteiger partial charge in [-0.15, -0.1) is 0 Å². The predicted octanol–water partition coefficient (Wildman–Crippen LogP) is 1.29. The third kappa shape index (κ3) is 1.82. The highest BCUT2D eigenvalue weighted by molar-refractivity contribution is 14.1. The predicted molar refractivity (Wildman–Crippen MR) is 44.5 cm³/mol. The second kappa shape index (κ2) is 2.51. The third-order valence-electron chi connectivity index (χ3n) is 0.944. The summed E-state index contributed by atoms with van der Waals surface area (Å²) in [6.07, 6.45) is 0. The highest BCUT2D eigenvalue weighted by atomic mass is 127. The van der Waals surface area contributed by atoms with Crippen LogP contribution in [0.15, 0.2) is 16.9 Å². The fourth-order valence-electron chi connectivity index (χ4n) is 0.640. The number of rotatable bonds is 0. The zero-order valence-electron chi connectivity index (χ0n) is 4.94. The number of pyridine rings is 1. The summed E-state index contributed by atoms with van der Waals surface area (Å²) in [5, 5.41) is 0. The second-order valence-corrected chi connectivity index (χ2v) is 3.01. The zero-order chi connectivity index (χ0) is 6.85. The molecule has 1 aromatic rings. The Morgan fingerprint density at radius 2 is 2.22 bits per heavy atom. The maximum absolute atomic E-state index is 10.7. The Morgan fingerprint density at radius 3 is 2.67 bits per heavy atom. The van der Waals surface area contributed by atoms with Crippen molar-refractivity contribution in [3.63, 3.8) is 0 Å². The molecular formula is C6H6INO. The average Bonchev–Trinajstić information content (AvgIpc) is 1.59. The van der Waals surface area contributed by atoms with E-state index in [1.54, 1.807) is 12.1 Å². The summed E-state index contributed by atoms with van der Waals surface area (Å²) in [5.41, 5.74) is 0.975. The Bertz CT molecular complexity index is 243. The summed E-state index contributed by atoms with van der Waals surface area (Å²) in [4.78, 5) is 13.7. The first-order chi connectivity index (χ1) is 4.18. The van der Waals surface area contributed by atoms with Gasteiger partial charge in [0.15, 0.2) is 5.43 Å². The molecule has 0 radical (unpaired) electrons. The van der Waals surface area contributed by atoms with E-state index < -0.39 is 0 Å². The van der Waals surface area contributed by atoms with E-state index in [1.807, 2.05) is 6.92 Å². The lowest BCUT2D eigenvalue weighted by Crippen LogP contribution is -2.00. The van der Waals surface area contributed by atoms with E-state index in [0.29, 0.717) is 0 Å². The van der Waals surface area contributed by atoms with Gasteiger partial charge in [-0.3, -0.25) is 4.79 Å². The fraction of sp³-hybridized carbons (Fsp3) is 0.167. The Kier molecular flexibility index (Phi) is 1.90. The number of aromatic amines is 1. The average molecular weight is 235 g/mol. The number of hydrogen-bond acceptors (Lipinski definition) is 1. The molecule has 0 spiro atoms. The molecule has 0 aliphatic rings. The molecule has 1 heterocycles. The van der Waals surface area contributed by atoms with Crippen LogP contribution in [0.5, 0.6) is 0 Å². The van der Waals surface area contributed by atoms with Crippen molar-refractivity contribution in [2.45, 2.75) is 6.92 Å². The van der Waals surface area contributed by atoms with Gasteiger partial charge in [-0.05, 0) is 29.5 Å². The van der Waals surface area contributed by atoms with Crippen LogP contribution in [0.3, 0.4) is 0 Å². The fourth-order valence-corrected chi connectivity index (χ4v) is 1.37. The van der Waals surface area contributed by atoms with E-state index in [4.69, 9.17) is 0 Å². The maximum Gasteiger partial charge on any atom is 0.182 e. The van der Waals surface area contributed by atoms with Crippen LogP contribution < -0.4 is 5.43 Å². The van der Waals surface area contributed by atoms with Gasteiger partial charge in [-0.2, -0.15) is 0 Å². The second-order valence-electron chi connectivity index (χ2n) is 1.85. The summed E-state index contributed by atoms with van der Waals surface area (Å²) in [5.74, 6) is 0. The van der Waals surface area contributed by atoms with E-state index >= 15 is 0 Å². The van der Waals surface area contributed by atoms with Crippen LogP contribution in [-0.2, 0) is 0 Å². The molecule has 0 saturated heterocycles. The molecule has 0 aliphatic carbocycles. The normalized spacial score (nSPS) is 9.56. The lowest BCUT2D eigenvalue weighted by atomic mass is 10.4. The summed E-state index contributed by atoms with van der Waals surface area (Å²) in [6.45, 7) is 1.86. The van der Waals surface area contributed by atoms with Gasteiger partial charge in [0.2, 0.25) is 0 Å². The van der Waals surface area contributed by atoms with Gasteiger partial charge in [-0.25, -0.2) is 0 Å². The number of aryl methyl sites for hydroxylation is 1. The number of aromatic nitrogens is 1. The molecular weight excluding hydrogens is 229 g/mol. The smallest absolute Gasteiger partial charge is 0.182 e. The molecule has 0 fully saturated rings. The minimum Gasteiger partial charge on any atom is -0.354 e. The quantitative estimate of drug-likeness (QED) is 0.533. The van der Waals surface area contributed by atoms with E-state index in [1.165, 1.54) is 0 Å². The molecule has 1 N–H and O–H groups in total. The summed E-state index contributed by atoms with van der Waals surface area (Å²) >= 11 is 2.08. The first-order valence-corrected chi connectivity index (χ1v) is 3.63. The number of nitrogens with one attached hydrogen (secondary N) is 1. The van der Waals surface area contributed by atoms with E-state index in [2.05, 4.69) is 27.6 Å². The van der Waals surface area contributed by atoms with E-state index in [9.17, 15) is 4.79 Å². The van der Waals surface area contributed by atoms with Gasteiger partial charge in [0.1, 0.15) is 0 Å². The van der Waals surface area contributed by atoms with Gasteiger partial charge in [-0.1, -0.05) is 0 Å². The first kappa shape index (κ1) is 6.80. The zero-order valence-corrected chi connectivity index (χ0v) is 7.10. The lowest BCUT2D eigenvalue weighted by molar-refractivity contribution is 1.15. The summed E-state index contributed by atoms with van der Waals surface area (Å²) in [6, 6.07) is 3.13. The van der Waals surface area contributed by atoms with Crippen LogP contribution in [0.1, 0.15) is 5.69 Å². The molecule has 3 heteroatoms. The van der Waals surface area contributed by atoms with Crippen molar-refractivity contribution in [1.82, 2.24) is 4.98 Å². The van der Waals surface area contributed by atoms with E-state index in [-0.39, 0.29) is 5.43 Å². The minimum absolute atomic E-state index is 0.0654. The monoisotopic (exact) mass is 235 g/mol. The highest BCUT2D eigenvalue weighted by Gasteiger charge is 1.88. The first-order valence-electron chi connectivity index (χ1n) is 2.55. The van der Waals surface area contributed by atoms with Crippen molar-refractivity contribution >= 4 is 22.6 Å². The molecule has 0 unspecified atom stereocenters. The van der Waals surface area contributed by atoms with Gasteiger partial charge >= 0.3 is 0 Å². The molecule has 1 aromatic heterocycles. The van der Waals surface area contributed by atoms with Crippen molar-refractivity contribution in [1.29, 1.82) is 0 Å². The molecule has 0 aromatic carbocycles. The number of H-pyrrole nitrogens is 1. The Balaban J connectivity index is 3.33. The molecule has 0 saturated carbocycles. The molecule has 48 valence electrons. The van der Waals surface area contributed by atoms with Crippen LogP contribution in [0.2, 0.25) is 0 Å². The molecule has 0 atom stereocenters. The van der Waals surface area contributed by atoms with Crippen LogP contribution in [0.25, 0.3) is 0 Å². The topological polar surface area (TPSA) is 32.9 Å². The number of halogens is 1. The third-order valence-corrected chi connectivity index (χ3v) is 1.53. The Hall–Kier alpha value is -0.320. The Labute approximate surface area is 66.4 Å². The summed E-state index contributed by atoms with van der Waals surface area (Å²) < 4.78 is 0.887. The SMILES string of the molecule is Cc1cc(=O)cc(I)[nH]1. The van der Waals surface area contributed by atoms with Gasteiger partial charge in [0, 0.05) is 17.8 Å². The summed E-state index contributed by atoms with van der Waals surface area (Å²) in [7, 11) is 0. The molecule has 9 heavy (non-hydrogen) atoms. The Morgan fingerprint density at radius 1 is 1.56 bits per heavy atom. The van der Waals surface area contributed by atoms with Crippen molar-refractivity contribution in [2.75, 3.05) is 0 Å². The van der Waals surface area contributed by atoms with Crippen molar-refractivity contribution in [2.24, 2.45) is 0 Å². The van der Waals surface area contributed by atoms with Crippen LogP contribution in [0.4, 0.5) is 0 Å². The number of hydrogen-bond donors (Lipinski definition) is 1. The highest BCUT2D eigenvalue weighted by Crippen LogP contribution is 1.95. The molecule has 0 amide bonds. The van der Waals surface area contributed by atoms with Crippen LogP contribution in [0, 0.1) is 10.6 Å². The molecule has 2 nitrogen and oxygen atoms in total. The molecule has 0 aliphatic heterocycles. The van der Waals surface area contributed by atoms with E-state index in [0.717, 1.165) is 9.39 Å². The molecule has 0 bridgehead atoms. The van der Waals surface area contributed by atoms with Gasteiger partial charge in [0.25, 0.3) is 0 Å². The lowest BCUT2D eigenvalue weighted by Gasteiger charge is -1.91. The van der Waals surface area contributed by atoms with Gasteiger partial charge < -0.3 is 4.98 Å². The largest absolute Gasteiger partial charge is 0.354 e. The van der Waals surface area contributed by atoms with Crippen molar-refractivity contribution in [3.8, 4) is 0 Å². The maximum atomic E-state index is 10.7. The minimum atomic E-state index is 0.0654. The van der Waals surface area contributed by atoms with Crippen molar-refractivity contribution < 1.29 is 0 Å². The van der Waals surface area contributed by atoms with Crippen molar-refractivity contribution in [3.05, 3.63) is 31.8 Å². The van der Waals surface area contributed by atoms with Gasteiger partial charge in [0.05, 0.1) is 3.70 Å². The van der Waals surface area contributed by atoms with Crippen LogP contribution >= 0.6 is 22.6 Å². The molecule has 1 rings (SSSR count). The standard InChI is InChI=1S/C6H6INO/c1-4-2-5(9)3-6(7)8-4/h2-3H,1H3,(H,8,9). The van der Waals surface area contributed by atoms with Crippen LogP contribution in [-0.4, -0.2) is 4.98 Å².